The van der Waals surface area contributed by atoms with Gasteiger partial charge in [-0.25, -0.2) is 0 Å². The minimum atomic E-state index is -0.620. The first-order chi connectivity index (χ1) is 12.1. The van der Waals surface area contributed by atoms with Crippen molar-refractivity contribution in [2.24, 2.45) is 5.73 Å². The summed E-state index contributed by atoms with van der Waals surface area (Å²) in [6, 6.07) is 7.14. The topological polar surface area (TPSA) is 85.8 Å². The molecule has 6 nitrogen and oxygen atoms in total. The number of carbonyl (C=O) groups excluding carboxylic acids is 1. The fraction of sp³-hybridized carbons (Fsp3) is 0.526. The predicted molar refractivity (Wildman–Crippen MR) is 112 cm³/mol. The highest BCUT2D eigenvalue weighted by Crippen LogP contribution is 2.15. The van der Waals surface area contributed by atoms with E-state index in [0.717, 1.165) is 48.6 Å². The second kappa shape index (κ2) is 11.3. The molecule has 150 valence electrons. The average Bonchev–Trinajstić information content (AvgIpc) is 2.85. The van der Waals surface area contributed by atoms with Crippen molar-refractivity contribution in [3.05, 3.63) is 47.0 Å². The zero-order chi connectivity index (χ0) is 17.6. The lowest BCUT2D eigenvalue weighted by molar-refractivity contribution is -0.122. The summed E-state index contributed by atoms with van der Waals surface area (Å²) >= 11 is 0. The number of nitrogens with zero attached hydrogens (tertiary/aromatic N) is 3. The largest absolute Gasteiger partial charge is 0.354 e. The van der Waals surface area contributed by atoms with E-state index in [9.17, 15) is 4.79 Å². The van der Waals surface area contributed by atoms with E-state index in [1.54, 1.807) is 0 Å². The summed E-state index contributed by atoms with van der Waals surface area (Å²) in [6.45, 7) is 3.63. The van der Waals surface area contributed by atoms with E-state index < -0.39 is 6.04 Å². The number of carbonyl (C=O) groups is 1. The molecule has 1 amide bonds. The molecular formula is C19H29Cl2N5O. The highest BCUT2D eigenvalue weighted by molar-refractivity contribution is 5.85. The third-order valence-electron chi connectivity index (χ3n) is 4.78. The van der Waals surface area contributed by atoms with Crippen molar-refractivity contribution in [1.29, 1.82) is 0 Å². The second-order valence-electron chi connectivity index (χ2n) is 6.78. The number of nitrogens with two attached hydrogens (primary N) is 1. The first kappa shape index (κ1) is 23.4. The third-order valence-corrected chi connectivity index (χ3v) is 4.78. The van der Waals surface area contributed by atoms with Gasteiger partial charge < -0.3 is 15.6 Å². The van der Waals surface area contributed by atoms with Gasteiger partial charge in [-0.1, -0.05) is 36.2 Å². The van der Waals surface area contributed by atoms with Crippen LogP contribution in [0.1, 0.15) is 54.5 Å². The van der Waals surface area contributed by atoms with Crippen molar-refractivity contribution < 1.29 is 4.79 Å². The van der Waals surface area contributed by atoms with Gasteiger partial charge in [0.2, 0.25) is 5.91 Å². The molecule has 3 rings (SSSR count). The van der Waals surface area contributed by atoms with Gasteiger partial charge in [0.25, 0.3) is 0 Å². The molecule has 0 radical (unpaired) electrons. The summed E-state index contributed by atoms with van der Waals surface area (Å²) in [4.78, 5) is 12.2. The number of hydrogen-bond donors (Lipinski definition) is 2. The monoisotopic (exact) mass is 413 g/mol. The van der Waals surface area contributed by atoms with E-state index in [4.69, 9.17) is 5.73 Å². The molecule has 1 atom stereocenters. The summed E-state index contributed by atoms with van der Waals surface area (Å²) in [5, 5.41) is 11.6. The maximum atomic E-state index is 12.2. The molecule has 0 fully saturated rings. The van der Waals surface area contributed by atoms with Crippen LogP contribution >= 0.6 is 24.8 Å². The Morgan fingerprint density at radius 3 is 2.67 bits per heavy atom. The lowest BCUT2D eigenvalue weighted by atomic mass is 10.1. The summed E-state index contributed by atoms with van der Waals surface area (Å²) in [5.41, 5.74) is 8.03. The fourth-order valence-corrected chi connectivity index (χ4v) is 3.22. The maximum Gasteiger partial charge on any atom is 0.241 e. The maximum absolute atomic E-state index is 12.2. The zero-order valence-electron chi connectivity index (χ0n) is 15.7. The number of amides is 1. The zero-order valence-corrected chi connectivity index (χ0v) is 17.3. The highest BCUT2D eigenvalue weighted by Gasteiger charge is 2.16. The van der Waals surface area contributed by atoms with Gasteiger partial charge >= 0.3 is 0 Å². The van der Waals surface area contributed by atoms with Crippen LogP contribution in [0.2, 0.25) is 0 Å². The average molecular weight is 414 g/mol. The lowest BCUT2D eigenvalue weighted by Gasteiger charge is -2.13. The van der Waals surface area contributed by atoms with E-state index in [2.05, 4.69) is 20.1 Å². The SMILES string of the molecule is Cc1ccc(C(N)C(=O)NCCCc2nnc3n2CCCCC3)cc1.Cl.Cl. The predicted octanol–water partition coefficient (Wildman–Crippen LogP) is 2.91. The van der Waals surface area contributed by atoms with Gasteiger partial charge in [-0.2, -0.15) is 0 Å². The van der Waals surface area contributed by atoms with Crippen LogP contribution in [0.3, 0.4) is 0 Å². The van der Waals surface area contributed by atoms with Crippen molar-refractivity contribution in [1.82, 2.24) is 20.1 Å². The number of halogens is 2. The summed E-state index contributed by atoms with van der Waals surface area (Å²) in [5.74, 6) is 2.01. The molecule has 0 saturated heterocycles. The molecular weight excluding hydrogens is 385 g/mol. The summed E-state index contributed by atoms with van der Waals surface area (Å²) < 4.78 is 2.26. The number of hydrogen-bond acceptors (Lipinski definition) is 4. The van der Waals surface area contributed by atoms with Gasteiger partial charge in [0, 0.05) is 25.9 Å². The summed E-state index contributed by atoms with van der Waals surface area (Å²) in [6.07, 6.45) is 6.34. The molecule has 2 heterocycles. The number of fused-ring (bicyclic) bond motifs is 1. The molecule has 1 unspecified atom stereocenters. The highest BCUT2D eigenvalue weighted by atomic mass is 35.5. The van der Waals surface area contributed by atoms with Crippen molar-refractivity contribution in [2.75, 3.05) is 6.54 Å². The van der Waals surface area contributed by atoms with E-state index in [0.29, 0.717) is 6.54 Å². The quantitative estimate of drug-likeness (QED) is 0.712. The molecule has 0 saturated carbocycles. The molecule has 2 aromatic rings. The molecule has 1 aliphatic rings. The molecule has 27 heavy (non-hydrogen) atoms. The van der Waals surface area contributed by atoms with Crippen molar-refractivity contribution in [2.45, 2.75) is 58.0 Å². The van der Waals surface area contributed by atoms with E-state index >= 15 is 0 Å². The Kier molecular flexibility index (Phi) is 9.77. The molecule has 1 aromatic carbocycles. The second-order valence-corrected chi connectivity index (χ2v) is 6.78. The Morgan fingerprint density at radius 2 is 1.93 bits per heavy atom. The van der Waals surface area contributed by atoms with E-state index in [1.165, 1.54) is 19.3 Å². The van der Waals surface area contributed by atoms with Gasteiger partial charge in [0.15, 0.2) is 0 Å². The van der Waals surface area contributed by atoms with Crippen LogP contribution in [0.5, 0.6) is 0 Å². The molecule has 8 heteroatoms. The van der Waals surface area contributed by atoms with Gasteiger partial charge in [-0.3, -0.25) is 4.79 Å². The minimum absolute atomic E-state index is 0. The van der Waals surface area contributed by atoms with Gasteiger partial charge in [-0.15, -0.1) is 35.0 Å². The number of nitrogens with one attached hydrogen (secondary N) is 1. The minimum Gasteiger partial charge on any atom is -0.354 e. The third kappa shape index (κ3) is 6.19. The van der Waals surface area contributed by atoms with Crippen LogP contribution in [-0.4, -0.2) is 27.2 Å². The summed E-state index contributed by atoms with van der Waals surface area (Å²) in [7, 11) is 0. The van der Waals surface area contributed by atoms with Crippen molar-refractivity contribution >= 4 is 30.7 Å². The van der Waals surface area contributed by atoms with Crippen molar-refractivity contribution in [3.63, 3.8) is 0 Å². The van der Waals surface area contributed by atoms with E-state index in [-0.39, 0.29) is 30.7 Å². The molecule has 0 spiro atoms. The van der Waals surface area contributed by atoms with Gasteiger partial charge in [-0.05, 0) is 31.7 Å². The number of aryl methyl sites for hydroxylation is 3. The van der Waals surface area contributed by atoms with Gasteiger partial charge in [0.1, 0.15) is 17.7 Å². The van der Waals surface area contributed by atoms with Crippen LogP contribution in [0.4, 0.5) is 0 Å². The van der Waals surface area contributed by atoms with Crippen LogP contribution in [0, 0.1) is 6.92 Å². The Hall–Kier alpha value is -1.63. The Labute approximate surface area is 173 Å². The van der Waals surface area contributed by atoms with Crippen LogP contribution in [0.15, 0.2) is 24.3 Å². The Morgan fingerprint density at radius 1 is 1.19 bits per heavy atom. The lowest BCUT2D eigenvalue weighted by Crippen LogP contribution is -2.34. The smallest absolute Gasteiger partial charge is 0.241 e. The first-order valence-corrected chi connectivity index (χ1v) is 9.16. The molecule has 3 N–H and O–H groups in total. The number of aromatic nitrogens is 3. The normalized spacial score (nSPS) is 14.1. The van der Waals surface area contributed by atoms with Gasteiger partial charge in [0.05, 0.1) is 0 Å². The fourth-order valence-electron chi connectivity index (χ4n) is 3.22. The molecule has 1 aliphatic heterocycles. The Bertz CT molecular complexity index is 717. The molecule has 0 aliphatic carbocycles. The molecule has 1 aromatic heterocycles. The van der Waals surface area contributed by atoms with Crippen LogP contribution in [0.25, 0.3) is 0 Å². The number of rotatable bonds is 6. The van der Waals surface area contributed by atoms with Crippen molar-refractivity contribution in [3.8, 4) is 0 Å². The van der Waals surface area contributed by atoms with Crippen LogP contribution in [-0.2, 0) is 24.2 Å². The molecule has 0 bridgehead atoms. The Balaban J connectivity index is 0.00000182. The van der Waals surface area contributed by atoms with Crippen LogP contribution < -0.4 is 11.1 Å². The standard InChI is InChI=1S/C19H27N5O.2ClH/c1-14-8-10-15(11-9-14)18(20)19(25)21-12-5-7-17-23-22-16-6-3-2-4-13-24(16)17;;/h8-11,18H,2-7,12-13,20H2,1H3,(H,21,25);2*1H. The van der Waals surface area contributed by atoms with E-state index in [1.807, 2.05) is 31.2 Å². The number of benzene rings is 1. The first-order valence-electron chi connectivity index (χ1n) is 9.16.